The Labute approximate surface area is 203 Å². The number of benzene rings is 1. The van der Waals surface area contributed by atoms with E-state index in [-0.39, 0.29) is 34.7 Å². The largest absolute Gasteiger partial charge is 0.494 e. The van der Waals surface area contributed by atoms with Gasteiger partial charge in [-0.25, -0.2) is 9.37 Å². The van der Waals surface area contributed by atoms with Gasteiger partial charge >= 0.3 is 0 Å². The number of halogens is 1. The van der Waals surface area contributed by atoms with Crippen molar-refractivity contribution < 1.29 is 9.13 Å². The van der Waals surface area contributed by atoms with Gasteiger partial charge in [-0.1, -0.05) is 0 Å². The predicted octanol–water partition coefficient (Wildman–Crippen LogP) is 3.71. The lowest BCUT2D eigenvalue weighted by Crippen LogP contribution is -2.42. The number of anilines is 2. The van der Waals surface area contributed by atoms with E-state index in [0.29, 0.717) is 22.5 Å². The van der Waals surface area contributed by atoms with Crippen molar-refractivity contribution >= 4 is 22.4 Å². The molecule has 35 heavy (non-hydrogen) atoms. The molecular weight excluding hydrogens is 447 g/mol. The molecule has 0 N–H and O–H groups in total. The van der Waals surface area contributed by atoms with Crippen LogP contribution in [0.15, 0.2) is 35.1 Å². The average Bonchev–Trinajstić information content (AvgIpc) is 2.89. The third-order valence-corrected chi connectivity index (χ3v) is 7.08. The lowest BCUT2D eigenvalue weighted by Gasteiger charge is -2.40. The Morgan fingerprint density at radius 1 is 1.06 bits per heavy atom. The Bertz CT molecular complexity index is 1410. The van der Waals surface area contributed by atoms with Crippen LogP contribution in [0.2, 0.25) is 0 Å². The molecule has 180 valence electrons. The number of aromatic nitrogens is 2. The topological polar surface area (TPSA) is 98.2 Å². The van der Waals surface area contributed by atoms with Crippen LogP contribution in [-0.2, 0) is 7.05 Å². The number of fused-ring (bicyclic) bond motifs is 1. The molecule has 2 heterocycles. The molecule has 9 heteroatoms. The zero-order valence-electron chi connectivity index (χ0n) is 20.2. The molecule has 0 unspecified atom stereocenters. The van der Waals surface area contributed by atoms with Crippen LogP contribution in [0.3, 0.4) is 0 Å². The maximum absolute atomic E-state index is 13.6. The van der Waals surface area contributed by atoms with E-state index in [1.54, 1.807) is 25.2 Å². The highest BCUT2D eigenvalue weighted by Gasteiger charge is 2.30. The van der Waals surface area contributed by atoms with Gasteiger partial charge in [0.2, 0.25) is 0 Å². The van der Waals surface area contributed by atoms with E-state index in [1.165, 1.54) is 23.8 Å². The fraction of sp³-hybridized carbons (Fsp3) is 0.385. The minimum Gasteiger partial charge on any atom is -0.494 e. The minimum absolute atomic E-state index is 0.0281. The fourth-order valence-corrected chi connectivity index (χ4v) is 5.05. The Morgan fingerprint density at radius 2 is 1.71 bits per heavy atom. The number of hydrogen-bond acceptors (Lipinski definition) is 7. The van der Waals surface area contributed by atoms with Crippen LogP contribution in [-0.4, -0.2) is 42.8 Å². The molecule has 1 aromatic carbocycles. The summed E-state index contributed by atoms with van der Waals surface area (Å²) in [4.78, 5) is 21.5. The van der Waals surface area contributed by atoms with E-state index in [1.807, 2.05) is 25.1 Å². The highest BCUT2D eigenvalue weighted by atomic mass is 19.1. The first-order valence-corrected chi connectivity index (χ1v) is 11.4. The van der Waals surface area contributed by atoms with Crippen molar-refractivity contribution in [2.45, 2.75) is 37.8 Å². The lowest BCUT2D eigenvalue weighted by molar-refractivity contribution is 0.370. The molecule has 0 atom stereocenters. The SMILES string of the molecule is COc1cc(F)ccc1N(C)[C@H]1CC[C@@H](N(C)c2c(C#N)c(=O)n(C)c3ccc(C#N)nc23)CC1. The zero-order chi connectivity index (χ0) is 25.3. The van der Waals surface area contributed by atoms with Gasteiger partial charge < -0.3 is 19.1 Å². The van der Waals surface area contributed by atoms with E-state index >= 15 is 0 Å². The molecule has 1 saturated carbocycles. The van der Waals surface area contributed by atoms with Gasteiger partial charge in [0, 0.05) is 39.3 Å². The zero-order valence-corrected chi connectivity index (χ0v) is 20.2. The van der Waals surface area contributed by atoms with Crippen molar-refractivity contribution in [2.24, 2.45) is 7.05 Å². The normalized spacial score (nSPS) is 17.5. The van der Waals surface area contributed by atoms with Gasteiger partial charge in [-0.2, -0.15) is 10.5 Å². The number of nitrogens with zero attached hydrogens (tertiary/aromatic N) is 6. The third kappa shape index (κ3) is 4.26. The molecule has 1 fully saturated rings. The van der Waals surface area contributed by atoms with Gasteiger partial charge in [0.1, 0.15) is 40.5 Å². The van der Waals surface area contributed by atoms with E-state index in [4.69, 9.17) is 4.74 Å². The molecule has 1 aliphatic rings. The van der Waals surface area contributed by atoms with E-state index < -0.39 is 0 Å². The molecule has 0 bridgehead atoms. The van der Waals surface area contributed by atoms with Gasteiger partial charge in [-0.15, -0.1) is 0 Å². The van der Waals surface area contributed by atoms with Crippen molar-refractivity contribution in [3.8, 4) is 17.9 Å². The summed E-state index contributed by atoms with van der Waals surface area (Å²) in [6.45, 7) is 0. The summed E-state index contributed by atoms with van der Waals surface area (Å²) in [6.07, 6.45) is 3.39. The van der Waals surface area contributed by atoms with E-state index in [0.717, 1.165) is 31.4 Å². The van der Waals surface area contributed by atoms with Crippen LogP contribution < -0.4 is 20.1 Å². The monoisotopic (exact) mass is 474 g/mol. The number of rotatable bonds is 5. The molecule has 4 rings (SSSR count). The Balaban J connectivity index is 1.63. The summed E-state index contributed by atoms with van der Waals surface area (Å²) in [5, 5.41) is 19.2. The Kier molecular flexibility index (Phi) is 6.61. The number of methoxy groups -OCH3 is 1. The molecule has 0 radical (unpaired) electrons. The lowest BCUT2D eigenvalue weighted by atomic mass is 9.88. The van der Waals surface area contributed by atoms with Crippen molar-refractivity contribution in [3.63, 3.8) is 0 Å². The summed E-state index contributed by atoms with van der Waals surface area (Å²) in [7, 11) is 7.01. The van der Waals surface area contributed by atoms with Gasteiger partial charge in [0.05, 0.1) is 24.0 Å². The molecule has 3 aromatic rings. The highest BCUT2D eigenvalue weighted by molar-refractivity contribution is 5.92. The van der Waals surface area contributed by atoms with Crippen molar-refractivity contribution in [3.05, 3.63) is 57.8 Å². The Morgan fingerprint density at radius 3 is 2.31 bits per heavy atom. The molecule has 0 spiro atoms. The average molecular weight is 475 g/mol. The predicted molar refractivity (Wildman–Crippen MR) is 132 cm³/mol. The van der Waals surface area contributed by atoms with Gasteiger partial charge in [0.25, 0.3) is 5.56 Å². The summed E-state index contributed by atoms with van der Waals surface area (Å²) < 4.78 is 20.4. The Hall–Kier alpha value is -4.11. The van der Waals surface area contributed by atoms with E-state index in [9.17, 15) is 19.7 Å². The van der Waals surface area contributed by atoms with Crippen LogP contribution in [0, 0.1) is 28.5 Å². The van der Waals surface area contributed by atoms with Crippen molar-refractivity contribution in [1.82, 2.24) is 9.55 Å². The summed E-state index contributed by atoms with van der Waals surface area (Å²) in [5.41, 5.74) is 2.23. The summed E-state index contributed by atoms with van der Waals surface area (Å²) in [6, 6.07) is 12.3. The van der Waals surface area contributed by atoms with Crippen LogP contribution in [0.5, 0.6) is 5.75 Å². The maximum Gasteiger partial charge on any atom is 0.270 e. The number of ether oxygens (including phenoxy) is 1. The first kappa shape index (κ1) is 24.0. The van der Waals surface area contributed by atoms with Gasteiger partial charge in [-0.3, -0.25) is 4.79 Å². The third-order valence-electron chi connectivity index (χ3n) is 7.08. The van der Waals surface area contributed by atoms with Gasteiger partial charge in [0.15, 0.2) is 0 Å². The number of pyridine rings is 2. The second kappa shape index (κ2) is 9.63. The fourth-order valence-electron chi connectivity index (χ4n) is 5.05. The number of aryl methyl sites for hydroxylation is 1. The molecule has 1 aliphatic carbocycles. The smallest absolute Gasteiger partial charge is 0.270 e. The number of hydrogen-bond donors (Lipinski definition) is 0. The van der Waals surface area contributed by atoms with Crippen LogP contribution in [0.4, 0.5) is 15.8 Å². The quantitative estimate of drug-likeness (QED) is 0.556. The minimum atomic E-state index is -0.384. The standard InChI is InChI=1S/C26H27FN6O2/c1-31(21-11-5-16(27)13-23(21)35-4)18-7-9-19(10-8-18)32(2)25-20(15-29)26(34)33(3)22-12-6-17(14-28)30-24(22)25/h5-6,11-13,18-19H,7-10H2,1-4H3/t18-,19+. The molecule has 0 aliphatic heterocycles. The highest BCUT2D eigenvalue weighted by Crippen LogP contribution is 2.36. The van der Waals surface area contributed by atoms with Crippen LogP contribution >= 0.6 is 0 Å². The van der Waals surface area contributed by atoms with Crippen molar-refractivity contribution in [2.75, 3.05) is 31.0 Å². The summed E-state index contributed by atoms with van der Waals surface area (Å²) >= 11 is 0. The number of nitriles is 2. The van der Waals surface area contributed by atoms with Crippen molar-refractivity contribution in [1.29, 1.82) is 10.5 Å². The summed E-state index contributed by atoms with van der Waals surface area (Å²) in [5.74, 6) is 0.156. The molecule has 0 saturated heterocycles. The first-order chi connectivity index (χ1) is 16.8. The maximum atomic E-state index is 13.6. The second-order valence-electron chi connectivity index (χ2n) is 8.88. The molecule has 0 amide bonds. The van der Waals surface area contributed by atoms with Gasteiger partial charge in [-0.05, 0) is 49.9 Å². The van der Waals surface area contributed by atoms with Crippen LogP contribution in [0.25, 0.3) is 11.0 Å². The van der Waals surface area contributed by atoms with Crippen LogP contribution in [0.1, 0.15) is 36.9 Å². The van der Waals surface area contributed by atoms with E-state index in [2.05, 4.69) is 16.0 Å². The second-order valence-corrected chi connectivity index (χ2v) is 8.88. The molecule has 8 nitrogen and oxygen atoms in total. The molecular formula is C26H27FN6O2. The molecule has 2 aromatic heterocycles. The first-order valence-electron chi connectivity index (χ1n) is 11.4.